The third kappa shape index (κ3) is 3.44. The highest BCUT2D eigenvalue weighted by Gasteiger charge is 2.31. The summed E-state index contributed by atoms with van der Waals surface area (Å²) >= 11 is 1.26. The van der Waals surface area contributed by atoms with Crippen LogP contribution in [0.15, 0.2) is 12.4 Å². The molecule has 2 rings (SSSR count). The van der Waals surface area contributed by atoms with Gasteiger partial charge in [-0.1, -0.05) is 11.8 Å². The largest absolute Gasteiger partial charge is 0.480 e. The molecule has 102 valence electrons. The molecule has 1 aliphatic rings. The van der Waals surface area contributed by atoms with Crippen molar-refractivity contribution in [3.8, 4) is 5.88 Å². The Hall–Kier alpha value is -1.63. The van der Waals surface area contributed by atoms with Gasteiger partial charge in [0.2, 0.25) is 11.8 Å². The first-order valence-corrected chi connectivity index (χ1v) is 6.88. The van der Waals surface area contributed by atoms with E-state index in [1.54, 1.807) is 11.1 Å². The average Bonchev–Trinajstić information content (AvgIpc) is 2.78. The molecule has 0 bridgehead atoms. The summed E-state index contributed by atoms with van der Waals surface area (Å²) in [6.45, 7) is 2.10. The van der Waals surface area contributed by atoms with Gasteiger partial charge in [-0.25, -0.2) is 0 Å². The Morgan fingerprint density at radius 3 is 3.05 bits per heavy atom. The van der Waals surface area contributed by atoms with Crippen LogP contribution >= 0.6 is 11.8 Å². The molecule has 1 amide bonds. The van der Waals surface area contributed by atoms with E-state index in [0.717, 1.165) is 0 Å². The molecular weight excluding hydrogens is 266 g/mol. The lowest BCUT2D eigenvalue weighted by Gasteiger charge is -2.15. The molecular formula is C12H15N3O3S. The van der Waals surface area contributed by atoms with Crippen LogP contribution in [0.2, 0.25) is 0 Å². The summed E-state index contributed by atoms with van der Waals surface area (Å²) in [5.41, 5.74) is 0. The van der Waals surface area contributed by atoms with Crippen LogP contribution in [0.1, 0.15) is 13.3 Å². The van der Waals surface area contributed by atoms with E-state index < -0.39 is 0 Å². The van der Waals surface area contributed by atoms with Crippen LogP contribution in [0, 0.1) is 5.92 Å². The molecule has 0 N–H and O–H groups in total. The van der Waals surface area contributed by atoms with E-state index in [1.807, 2.05) is 0 Å². The number of rotatable bonds is 4. The lowest BCUT2D eigenvalue weighted by Crippen LogP contribution is -2.26. The highest BCUT2D eigenvalue weighted by atomic mass is 32.2. The van der Waals surface area contributed by atoms with Crippen molar-refractivity contribution >= 4 is 28.6 Å². The predicted molar refractivity (Wildman–Crippen MR) is 72.2 cm³/mol. The zero-order valence-corrected chi connectivity index (χ0v) is 11.6. The van der Waals surface area contributed by atoms with Gasteiger partial charge < -0.3 is 4.74 Å². The van der Waals surface area contributed by atoms with E-state index in [2.05, 4.69) is 9.97 Å². The van der Waals surface area contributed by atoms with Crippen molar-refractivity contribution in [1.29, 1.82) is 0 Å². The normalized spacial score (nSPS) is 18.7. The standard InChI is InChI=1S/C12H15N3O3S/c1-8(16)19-7-9-3-12(17)15(6-9)10-4-13-5-11(14-10)18-2/h4-5,9H,3,6-7H2,1-2H3. The highest BCUT2D eigenvalue weighted by molar-refractivity contribution is 8.13. The van der Waals surface area contributed by atoms with Crippen molar-refractivity contribution < 1.29 is 14.3 Å². The van der Waals surface area contributed by atoms with Crippen LogP contribution in [-0.2, 0) is 9.59 Å². The monoisotopic (exact) mass is 281 g/mol. The van der Waals surface area contributed by atoms with Crippen LogP contribution in [-0.4, -0.2) is 40.4 Å². The fourth-order valence-electron chi connectivity index (χ4n) is 1.92. The Bertz CT molecular complexity index is 495. The van der Waals surface area contributed by atoms with Gasteiger partial charge in [-0.15, -0.1) is 0 Å². The second-order valence-electron chi connectivity index (χ2n) is 4.30. The Morgan fingerprint density at radius 1 is 1.58 bits per heavy atom. The molecule has 2 heterocycles. The van der Waals surface area contributed by atoms with Crippen LogP contribution in [0.25, 0.3) is 0 Å². The molecule has 7 heteroatoms. The average molecular weight is 281 g/mol. The van der Waals surface area contributed by atoms with Crippen LogP contribution in [0.5, 0.6) is 5.88 Å². The van der Waals surface area contributed by atoms with Gasteiger partial charge in [-0.2, -0.15) is 4.98 Å². The second kappa shape index (κ2) is 6.01. The van der Waals surface area contributed by atoms with E-state index in [4.69, 9.17) is 4.74 Å². The van der Waals surface area contributed by atoms with E-state index >= 15 is 0 Å². The molecule has 1 aromatic rings. The molecule has 1 saturated heterocycles. The summed E-state index contributed by atoms with van der Waals surface area (Å²) < 4.78 is 5.00. The molecule has 1 aliphatic heterocycles. The minimum atomic E-state index is 0.0108. The van der Waals surface area contributed by atoms with Gasteiger partial charge in [-0.3, -0.25) is 19.5 Å². The third-order valence-electron chi connectivity index (χ3n) is 2.81. The van der Waals surface area contributed by atoms with Crippen molar-refractivity contribution in [2.75, 3.05) is 24.3 Å². The van der Waals surface area contributed by atoms with Gasteiger partial charge in [0.25, 0.3) is 0 Å². The summed E-state index contributed by atoms with van der Waals surface area (Å²) in [7, 11) is 1.51. The maximum Gasteiger partial charge on any atom is 0.234 e. The summed E-state index contributed by atoms with van der Waals surface area (Å²) in [6, 6.07) is 0. The van der Waals surface area contributed by atoms with Crippen LogP contribution < -0.4 is 9.64 Å². The Balaban J connectivity index is 2.04. The Kier molecular flexibility index (Phi) is 4.36. The molecule has 0 radical (unpaired) electrons. The molecule has 0 saturated carbocycles. The minimum absolute atomic E-state index is 0.0108. The number of amides is 1. The Morgan fingerprint density at radius 2 is 2.37 bits per heavy atom. The fraction of sp³-hybridized carbons (Fsp3) is 0.500. The number of carbonyl (C=O) groups excluding carboxylic acids is 2. The summed E-state index contributed by atoms with van der Waals surface area (Å²) in [6.07, 6.45) is 3.48. The number of thioether (sulfide) groups is 1. The van der Waals surface area contributed by atoms with Crippen molar-refractivity contribution in [2.45, 2.75) is 13.3 Å². The summed E-state index contributed by atoms with van der Waals surface area (Å²) in [5.74, 6) is 1.73. The van der Waals surface area contributed by atoms with E-state index in [9.17, 15) is 9.59 Å². The number of hydrogen-bond donors (Lipinski definition) is 0. The van der Waals surface area contributed by atoms with Crippen molar-refractivity contribution in [3.05, 3.63) is 12.4 Å². The van der Waals surface area contributed by atoms with E-state index in [1.165, 1.54) is 32.0 Å². The number of aromatic nitrogens is 2. The fourth-order valence-corrected chi connectivity index (χ4v) is 2.61. The first-order chi connectivity index (χ1) is 9.10. The number of ether oxygens (including phenoxy) is 1. The van der Waals surface area contributed by atoms with Gasteiger partial charge in [0.05, 0.1) is 19.5 Å². The molecule has 1 aromatic heterocycles. The smallest absolute Gasteiger partial charge is 0.234 e. The molecule has 6 nitrogen and oxygen atoms in total. The molecule has 1 unspecified atom stereocenters. The first-order valence-electron chi connectivity index (χ1n) is 5.90. The SMILES string of the molecule is COc1cncc(N2CC(CSC(C)=O)CC2=O)n1. The predicted octanol–water partition coefficient (Wildman–Crippen LogP) is 1.12. The zero-order chi connectivity index (χ0) is 13.8. The molecule has 19 heavy (non-hydrogen) atoms. The lowest BCUT2D eigenvalue weighted by atomic mass is 10.1. The van der Waals surface area contributed by atoms with Crippen LogP contribution in [0.3, 0.4) is 0 Å². The minimum Gasteiger partial charge on any atom is -0.480 e. The maximum absolute atomic E-state index is 12.0. The molecule has 0 spiro atoms. The van der Waals surface area contributed by atoms with Crippen molar-refractivity contribution in [3.63, 3.8) is 0 Å². The topological polar surface area (TPSA) is 72.4 Å². The quantitative estimate of drug-likeness (QED) is 0.823. The van der Waals surface area contributed by atoms with Crippen molar-refractivity contribution in [2.24, 2.45) is 5.92 Å². The van der Waals surface area contributed by atoms with Gasteiger partial charge in [-0.05, 0) is 5.92 Å². The maximum atomic E-state index is 12.0. The first kappa shape index (κ1) is 13.8. The molecule has 0 aliphatic carbocycles. The van der Waals surface area contributed by atoms with E-state index in [0.29, 0.717) is 30.4 Å². The number of methoxy groups -OCH3 is 1. The second-order valence-corrected chi connectivity index (χ2v) is 5.49. The van der Waals surface area contributed by atoms with Gasteiger partial charge >= 0.3 is 0 Å². The molecule has 1 fully saturated rings. The van der Waals surface area contributed by atoms with Crippen LogP contribution in [0.4, 0.5) is 5.82 Å². The zero-order valence-electron chi connectivity index (χ0n) is 10.8. The van der Waals surface area contributed by atoms with Gasteiger partial charge in [0, 0.05) is 25.6 Å². The third-order valence-corrected chi connectivity index (χ3v) is 3.86. The number of anilines is 1. The van der Waals surface area contributed by atoms with Gasteiger partial charge in [0.15, 0.2) is 10.9 Å². The highest BCUT2D eigenvalue weighted by Crippen LogP contribution is 2.26. The Labute approximate surface area is 115 Å². The molecule has 1 atom stereocenters. The number of nitrogens with zero attached hydrogens (tertiary/aromatic N) is 3. The summed E-state index contributed by atoms with van der Waals surface area (Å²) in [4.78, 5) is 32.7. The van der Waals surface area contributed by atoms with Crippen molar-refractivity contribution in [1.82, 2.24) is 9.97 Å². The van der Waals surface area contributed by atoms with Gasteiger partial charge in [0.1, 0.15) is 0 Å². The summed E-state index contributed by atoms with van der Waals surface area (Å²) in [5, 5.41) is 0.0760. The number of hydrogen-bond acceptors (Lipinski definition) is 6. The lowest BCUT2D eigenvalue weighted by molar-refractivity contribution is -0.117. The molecule has 0 aromatic carbocycles. The van der Waals surface area contributed by atoms with E-state index in [-0.39, 0.29) is 16.9 Å². The number of carbonyl (C=O) groups is 2.